The lowest BCUT2D eigenvalue weighted by atomic mass is 10.2. The number of halogens is 1. The highest BCUT2D eigenvalue weighted by Crippen LogP contribution is 2.19. The molecule has 6 nitrogen and oxygen atoms in total. The van der Waals surface area contributed by atoms with Crippen LogP contribution >= 0.6 is 15.9 Å². The average molecular weight is 297 g/mol. The second kappa shape index (κ2) is 4.62. The van der Waals surface area contributed by atoms with Crippen LogP contribution in [-0.4, -0.2) is 31.3 Å². The molecular weight excluding hydrogens is 288 g/mol. The molecular formula is C10H9BrN4O2. The summed E-state index contributed by atoms with van der Waals surface area (Å²) in [5.74, 6) is -0.307. The Morgan fingerprint density at radius 1 is 1.47 bits per heavy atom. The number of carbonyl (C=O) groups is 1. The third-order valence-corrected chi connectivity index (χ3v) is 2.68. The molecule has 0 bridgehead atoms. The number of carboxylic acids is 1. The lowest BCUT2D eigenvalue weighted by Gasteiger charge is -2.05. The first kappa shape index (κ1) is 11.7. The number of hydrogen-bond donors (Lipinski definition) is 1. The molecule has 0 radical (unpaired) electrons. The van der Waals surface area contributed by atoms with E-state index in [2.05, 4.69) is 31.5 Å². The van der Waals surface area contributed by atoms with Crippen molar-refractivity contribution in [2.45, 2.75) is 13.3 Å². The van der Waals surface area contributed by atoms with Crippen molar-refractivity contribution in [1.29, 1.82) is 0 Å². The van der Waals surface area contributed by atoms with Gasteiger partial charge in [0.25, 0.3) is 0 Å². The van der Waals surface area contributed by atoms with Crippen LogP contribution in [0, 0.1) is 0 Å². The van der Waals surface area contributed by atoms with Gasteiger partial charge in [0.05, 0.1) is 11.3 Å². The van der Waals surface area contributed by atoms with E-state index in [1.165, 1.54) is 16.8 Å². The molecule has 2 rings (SSSR count). The zero-order valence-corrected chi connectivity index (χ0v) is 10.5. The van der Waals surface area contributed by atoms with Crippen LogP contribution in [0.15, 0.2) is 22.7 Å². The molecule has 0 atom stereocenters. The third-order valence-electron chi connectivity index (χ3n) is 2.22. The molecule has 7 heteroatoms. The van der Waals surface area contributed by atoms with Gasteiger partial charge in [0.1, 0.15) is 0 Å². The maximum atomic E-state index is 10.9. The van der Waals surface area contributed by atoms with Crippen molar-refractivity contribution in [2.75, 3.05) is 0 Å². The molecule has 0 saturated heterocycles. The Kier molecular flexibility index (Phi) is 3.19. The SMILES string of the molecule is CCc1nnnn1-c1cc(Br)cc(C(=O)O)c1. The molecule has 17 heavy (non-hydrogen) atoms. The summed E-state index contributed by atoms with van der Waals surface area (Å²) >= 11 is 3.27. The van der Waals surface area contributed by atoms with E-state index in [9.17, 15) is 4.79 Å². The highest BCUT2D eigenvalue weighted by Gasteiger charge is 2.11. The monoisotopic (exact) mass is 296 g/mol. The van der Waals surface area contributed by atoms with E-state index in [1.807, 2.05) is 6.92 Å². The van der Waals surface area contributed by atoms with Gasteiger partial charge in [0, 0.05) is 10.9 Å². The van der Waals surface area contributed by atoms with Gasteiger partial charge in [-0.2, -0.15) is 4.68 Å². The van der Waals surface area contributed by atoms with Gasteiger partial charge in [-0.05, 0) is 28.6 Å². The van der Waals surface area contributed by atoms with Crippen LogP contribution in [0.4, 0.5) is 0 Å². The smallest absolute Gasteiger partial charge is 0.335 e. The number of benzene rings is 1. The van der Waals surface area contributed by atoms with Gasteiger partial charge in [0.2, 0.25) is 0 Å². The first-order valence-electron chi connectivity index (χ1n) is 4.93. The van der Waals surface area contributed by atoms with Crippen molar-refractivity contribution in [2.24, 2.45) is 0 Å². The molecule has 0 fully saturated rings. The summed E-state index contributed by atoms with van der Waals surface area (Å²) < 4.78 is 2.20. The average Bonchev–Trinajstić information content (AvgIpc) is 2.76. The van der Waals surface area contributed by atoms with Crippen molar-refractivity contribution in [3.05, 3.63) is 34.1 Å². The van der Waals surface area contributed by atoms with Crippen molar-refractivity contribution >= 4 is 21.9 Å². The molecule has 0 unspecified atom stereocenters. The minimum absolute atomic E-state index is 0.187. The fourth-order valence-electron chi connectivity index (χ4n) is 1.45. The molecule has 0 aliphatic carbocycles. The van der Waals surface area contributed by atoms with Crippen molar-refractivity contribution < 1.29 is 9.90 Å². The van der Waals surface area contributed by atoms with Crippen LogP contribution in [0.25, 0.3) is 5.69 Å². The molecule has 0 amide bonds. The molecule has 88 valence electrons. The van der Waals surface area contributed by atoms with E-state index in [0.29, 0.717) is 22.4 Å². The van der Waals surface area contributed by atoms with E-state index in [1.54, 1.807) is 6.07 Å². The zero-order chi connectivity index (χ0) is 12.4. The van der Waals surface area contributed by atoms with Gasteiger partial charge in [-0.3, -0.25) is 0 Å². The van der Waals surface area contributed by atoms with Crippen molar-refractivity contribution in [3.63, 3.8) is 0 Å². The number of carboxylic acid groups (broad SMARTS) is 1. The molecule has 0 aliphatic rings. The van der Waals surface area contributed by atoms with Crippen LogP contribution in [0.5, 0.6) is 0 Å². The number of rotatable bonds is 3. The largest absolute Gasteiger partial charge is 0.478 e. The second-order valence-corrected chi connectivity index (χ2v) is 4.28. The standard InChI is InChI=1S/C10H9BrN4O2/c1-2-9-12-13-14-15(9)8-4-6(10(16)17)3-7(11)5-8/h3-5H,2H2,1H3,(H,16,17). The number of aromatic carboxylic acids is 1. The van der Waals surface area contributed by atoms with E-state index in [4.69, 9.17) is 5.11 Å². The van der Waals surface area contributed by atoms with Crippen molar-refractivity contribution in [1.82, 2.24) is 20.2 Å². The lowest BCUT2D eigenvalue weighted by molar-refractivity contribution is 0.0696. The predicted octanol–water partition coefficient (Wildman–Crippen LogP) is 1.69. The van der Waals surface area contributed by atoms with Gasteiger partial charge in [0.15, 0.2) is 5.82 Å². The number of hydrogen-bond acceptors (Lipinski definition) is 4. The van der Waals surface area contributed by atoms with Crippen LogP contribution in [-0.2, 0) is 6.42 Å². The Labute approximate surface area is 105 Å². The van der Waals surface area contributed by atoms with Gasteiger partial charge < -0.3 is 5.11 Å². The second-order valence-electron chi connectivity index (χ2n) is 3.36. The number of tetrazole rings is 1. The summed E-state index contributed by atoms with van der Waals surface area (Å²) in [4.78, 5) is 10.9. The molecule has 1 aromatic heterocycles. The normalized spacial score (nSPS) is 10.5. The Morgan fingerprint density at radius 2 is 2.24 bits per heavy atom. The fourth-order valence-corrected chi connectivity index (χ4v) is 1.93. The van der Waals surface area contributed by atoms with Crippen LogP contribution in [0.3, 0.4) is 0 Å². The first-order valence-corrected chi connectivity index (χ1v) is 5.72. The molecule has 1 N–H and O–H groups in total. The van der Waals surface area contributed by atoms with Gasteiger partial charge in [-0.1, -0.05) is 22.9 Å². The molecule has 0 saturated carbocycles. The Bertz CT molecular complexity index is 567. The zero-order valence-electron chi connectivity index (χ0n) is 8.96. The maximum Gasteiger partial charge on any atom is 0.335 e. The van der Waals surface area contributed by atoms with Gasteiger partial charge in [-0.15, -0.1) is 5.10 Å². The van der Waals surface area contributed by atoms with Gasteiger partial charge in [-0.25, -0.2) is 4.79 Å². The van der Waals surface area contributed by atoms with Crippen molar-refractivity contribution in [3.8, 4) is 5.69 Å². The summed E-state index contributed by atoms with van der Waals surface area (Å²) in [6.45, 7) is 1.93. The quantitative estimate of drug-likeness (QED) is 0.932. The number of aryl methyl sites for hydroxylation is 1. The van der Waals surface area contributed by atoms with Crippen LogP contribution in [0.2, 0.25) is 0 Å². The van der Waals surface area contributed by atoms with E-state index >= 15 is 0 Å². The molecule has 1 heterocycles. The third kappa shape index (κ3) is 2.33. The highest BCUT2D eigenvalue weighted by molar-refractivity contribution is 9.10. The number of nitrogens with zero attached hydrogens (tertiary/aromatic N) is 4. The minimum atomic E-state index is -0.987. The number of aromatic nitrogens is 4. The van der Waals surface area contributed by atoms with Crippen LogP contribution < -0.4 is 0 Å². The summed E-state index contributed by atoms with van der Waals surface area (Å²) in [5, 5.41) is 20.2. The Morgan fingerprint density at radius 3 is 2.88 bits per heavy atom. The van der Waals surface area contributed by atoms with E-state index in [-0.39, 0.29) is 5.56 Å². The maximum absolute atomic E-state index is 10.9. The highest BCUT2D eigenvalue weighted by atomic mass is 79.9. The molecule has 0 aliphatic heterocycles. The molecule has 1 aromatic carbocycles. The Hall–Kier alpha value is -1.76. The Balaban J connectivity index is 2.56. The lowest BCUT2D eigenvalue weighted by Crippen LogP contribution is -2.05. The summed E-state index contributed by atoms with van der Waals surface area (Å²) in [6, 6.07) is 4.83. The first-order chi connectivity index (χ1) is 8.11. The topological polar surface area (TPSA) is 80.9 Å². The molecule has 0 spiro atoms. The minimum Gasteiger partial charge on any atom is -0.478 e. The van der Waals surface area contributed by atoms with Crippen LogP contribution in [0.1, 0.15) is 23.1 Å². The summed E-state index contributed by atoms with van der Waals surface area (Å²) in [6.07, 6.45) is 0.669. The molecule has 2 aromatic rings. The fraction of sp³-hybridized carbons (Fsp3) is 0.200. The van der Waals surface area contributed by atoms with E-state index in [0.717, 1.165) is 0 Å². The summed E-state index contributed by atoms with van der Waals surface area (Å²) in [7, 11) is 0. The van der Waals surface area contributed by atoms with E-state index < -0.39 is 5.97 Å². The van der Waals surface area contributed by atoms with Gasteiger partial charge >= 0.3 is 5.97 Å². The predicted molar refractivity (Wildman–Crippen MR) is 63.2 cm³/mol. The summed E-state index contributed by atoms with van der Waals surface area (Å²) in [5.41, 5.74) is 0.811.